The molecule has 0 aliphatic heterocycles. The van der Waals surface area contributed by atoms with Crippen LogP contribution >= 0.6 is 15.9 Å². The average Bonchev–Trinajstić information content (AvgIpc) is 2.73. The number of para-hydroxylation sites is 1. The third kappa shape index (κ3) is 5.32. The van der Waals surface area contributed by atoms with Gasteiger partial charge in [-0.2, -0.15) is 5.26 Å². The number of amides is 1. The lowest BCUT2D eigenvalue weighted by molar-refractivity contribution is -0.112. The van der Waals surface area contributed by atoms with Gasteiger partial charge in [-0.25, -0.2) is 0 Å². The molecule has 0 fully saturated rings. The first-order valence-electron chi connectivity index (χ1n) is 8.60. The molecule has 4 nitrogen and oxygen atoms in total. The van der Waals surface area contributed by atoms with Crippen molar-refractivity contribution in [2.24, 2.45) is 0 Å². The molecule has 0 saturated carbocycles. The third-order valence-corrected chi connectivity index (χ3v) is 4.60. The quantitative estimate of drug-likeness (QED) is 0.408. The van der Waals surface area contributed by atoms with Crippen molar-refractivity contribution in [3.63, 3.8) is 0 Å². The lowest BCUT2D eigenvalue weighted by Crippen LogP contribution is -2.13. The van der Waals surface area contributed by atoms with E-state index in [-0.39, 0.29) is 5.57 Å². The summed E-state index contributed by atoms with van der Waals surface area (Å²) in [5.74, 6) is 0.200. The van der Waals surface area contributed by atoms with E-state index < -0.39 is 5.91 Å². The minimum Gasteiger partial charge on any atom is -0.489 e. The number of halogens is 1. The molecule has 0 aliphatic carbocycles. The van der Waals surface area contributed by atoms with Gasteiger partial charge in [0.15, 0.2) is 0 Å². The molecule has 0 radical (unpaired) electrons. The van der Waals surface area contributed by atoms with E-state index in [4.69, 9.17) is 4.74 Å². The van der Waals surface area contributed by atoms with Gasteiger partial charge in [0.2, 0.25) is 0 Å². The van der Waals surface area contributed by atoms with Crippen LogP contribution in [0.5, 0.6) is 5.75 Å². The molecule has 3 rings (SSSR count). The zero-order valence-corrected chi connectivity index (χ0v) is 16.5. The van der Waals surface area contributed by atoms with Crippen LogP contribution in [0.2, 0.25) is 0 Å². The number of carbonyl (C=O) groups excluding carboxylic acids is 1. The maximum Gasteiger partial charge on any atom is 0.266 e. The molecule has 0 bridgehead atoms. The highest BCUT2D eigenvalue weighted by Gasteiger charge is 2.11. The normalized spacial score (nSPS) is 10.8. The smallest absolute Gasteiger partial charge is 0.266 e. The Balaban J connectivity index is 1.72. The number of nitrogens with zero attached hydrogens (tertiary/aromatic N) is 1. The second kappa shape index (κ2) is 9.54. The predicted octanol–water partition coefficient (Wildman–Crippen LogP) is 5.57. The molecule has 0 aromatic heterocycles. The van der Waals surface area contributed by atoms with Crippen molar-refractivity contribution in [3.8, 4) is 11.8 Å². The zero-order valence-electron chi connectivity index (χ0n) is 14.9. The molecule has 0 unspecified atom stereocenters. The molecular formula is C23H17BrN2O2. The van der Waals surface area contributed by atoms with E-state index >= 15 is 0 Å². The molecule has 5 heteroatoms. The van der Waals surface area contributed by atoms with Gasteiger partial charge in [-0.3, -0.25) is 4.79 Å². The topological polar surface area (TPSA) is 62.1 Å². The van der Waals surface area contributed by atoms with E-state index in [1.807, 2.05) is 72.8 Å². The monoisotopic (exact) mass is 432 g/mol. The average molecular weight is 433 g/mol. The lowest BCUT2D eigenvalue weighted by Gasteiger charge is -2.08. The van der Waals surface area contributed by atoms with Crippen LogP contribution in [-0.2, 0) is 11.4 Å². The number of hydrogen-bond acceptors (Lipinski definition) is 3. The number of nitrogens with one attached hydrogen (secondary N) is 1. The van der Waals surface area contributed by atoms with Gasteiger partial charge in [-0.1, -0.05) is 54.6 Å². The van der Waals surface area contributed by atoms with Crippen LogP contribution in [0.4, 0.5) is 5.69 Å². The molecule has 3 aromatic rings. The Morgan fingerprint density at radius 1 is 1.04 bits per heavy atom. The largest absolute Gasteiger partial charge is 0.489 e. The summed E-state index contributed by atoms with van der Waals surface area (Å²) >= 11 is 3.38. The van der Waals surface area contributed by atoms with E-state index in [9.17, 15) is 10.1 Å². The van der Waals surface area contributed by atoms with Crippen LogP contribution < -0.4 is 10.1 Å². The van der Waals surface area contributed by atoms with Crippen molar-refractivity contribution in [1.82, 2.24) is 0 Å². The van der Waals surface area contributed by atoms with Gasteiger partial charge < -0.3 is 10.1 Å². The summed E-state index contributed by atoms with van der Waals surface area (Å²) in [6, 6.07) is 26.3. The van der Waals surface area contributed by atoms with E-state index in [0.717, 1.165) is 10.0 Å². The van der Waals surface area contributed by atoms with E-state index in [1.165, 1.54) is 0 Å². The van der Waals surface area contributed by atoms with Crippen molar-refractivity contribution in [1.29, 1.82) is 5.26 Å². The Hall–Kier alpha value is -3.36. The van der Waals surface area contributed by atoms with Crippen LogP contribution in [-0.4, -0.2) is 5.91 Å². The number of benzene rings is 3. The molecule has 138 valence electrons. The third-order valence-electron chi connectivity index (χ3n) is 3.90. The second-order valence-electron chi connectivity index (χ2n) is 5.95. The lowest BCUT2D eigenvalue weighted by atomic mass is 10.1. The fraction of sp³-hybridized carbons (Fsp3) is 0.0435. The first kappa shape index (κ1) is 19.4. The first-order valence-corrected chi connectivity index (χ1v) is 9.39. The highest BCUT2D eigenvalue weighted by Crippen LogP contribution is 2.22. The number of hydrogen-bond donors (Lipinski definition) is 1. The Bertz CT molecular complexity index is 1040. The molecule has 3 aromatic carbocycles. The zero-order chi connectivity index (χ0) is 19.8. The van der Waals surface area contributed by atoms with Gasteiger partial charge in [-0.15, -0.1) is 0 Å². The van der Waals surface area contributed by atoms with Crippen LogP contribution in [0.3, 0.4) is 0 Å². The SMILES string of the molecule is N#C/C(=C\c1cccc(OCc2ccccc2)c1)C(=O)Nc1ccccc1Br. The minimum atomic E-state index is -0.468. The summed E-state index contributed by atoms with van der Waals surface area (Å²) in [7, 11) is 0. The highest BCUT2D eigenvalue weighted by atomic mass is 79.9. The van der Waals surface area contributed by atoms with Gasteiger partial charge in [-0.05, 0) is 57.4 Å². The summed E-state index contributed by atoms with van der Waals surface area (Å²) in [6.45, 7) is 0.446. The number of anilines is 1. The molecule has 28 heavy (non-hydrogen) atoms. The number of carbonyl (C=O) groups is 1. The maximum absolute atomic E-state index is 12.4. The maximum atomic E-state index is 12.4. The summed E-state index contributed by atoms with van der Waals surface area (Å²) in [5, 5.41) is 12.1. The molecular weight excluding hydrogens is 416 g/mol. The standard InChI is InChI=1S/C23H17BrN2O2/c24-21-11-4-5-12-22(21)26-23(27)19(15-25)13-18-9-6-10-20(14-18)28-16-17-7-2-1-3-8-17/h1-14H,16H2,(H,26,27)/b19-13+. The van der Waals surface area contributed by atoms with Gasteiger partial charge in [0, 0.05) is 4.47 Å². The summed E-state index contributed by atoms with van der Waals surface area (Å²) in [4.78, 5) is 12.4. The summed E-state index contributed by atoms with van der Waals surface area (Å²) < 4.78 is 6.55. The van der Waals surface area contributed by atoms with E-state index in [1.54, 1.807) is 18.2 Å². The molecule has 0 heterocycles. The van der Waals surface area contributed by atoms with Gasteiger partial charge >= 0.3 is 0 Å². The van der Waals surface area contributed by atoms with E-state index in [0.29, 0.717) is 23.6 Å². The Morgan fingerprint density at radius 2 is 1.79 bits per heavy atom. The predicted molar refractivity (Wildman–Crippen MR) is 114 cm³/mol. The fourth-order valence-electron chi connectivity index (χ4n) is 2.50. The first-order chi connectivity index (χ1) is 13.7. The van der Waals surface area contributed by atoms with Crippen molar-refractivity contribution in [2.45, 2.75) is 6.61 Å². The van der Waals surface area contributed by atoms with Crippen molar-refractivity contribution in [2.75, 3.05) is 5.32 Å². The molecule has 0 saturated heterocycles. The van der Waals surface area contributed by atoms with Crippen LogP contribution in [0.15, 0.2) is 88.9 Å². The summed E-state index contributed by atoms with van der Waals surface area (Å²) in [5.41, 5.74) is 2.39. The van der Waals surface area contributed by atoms with Crippen molar-refractivity contribution >= 4 is 33.6 Å². The van der Waals surface area contributed by atoms with Crippen LogP contribution in [0.1, 0.15) is 11.1 Å². The highest BCUT2D eigenvalue weighted by molar-refractivity contribution is 9.10. The van der Waals surface area contributed by atoms with Crippen LogP contribution in [0, 0.1) is 11.3 Å². The van der Waals surface area contributed by atoms with Crippen LogP contribution in [0.25, 0.3) is 6.08 Å². The van der Waals surface area contributed by atoms with Gasteiger partial charge in [0.1, 0.15) is 24.0 Å². The Kier molecular flexibility index (Phi) is 6.61. The van der Waals surface area contributed by atoms with Gasteiger partial charge in [0.05, 0.1) is 5.69 Å². The Morgan fingerprint density at radius 3 is 2.54 bits per heavy atom. The molecule has 0 atom stereocenters. The Labute approximate surface area is 172 Å². The minimum absolute atomic E-state index is 0.0102. The summed E-state index contributed by atoms with van der Waals surface area (Å²) in [6.07, 6.45) is 1.54. The second-order valence-corrected chi connectivity index (χ2v) is 6.80. The van der Waals surface area contributed by atoms with Gasteiger partial charge in [0.25, 0.3) is 5.91 Å². The number of nitriles is 1. The molecule has 1 amide bonds. The van der Waals surface area contributed by atoms with Crippen molar-refractivity contribution in [3.05, 3.63) is 100 Å². The molecule has 1 N–H and O–H groups in total. The van der Waals surface area contributed by atoms with E-state index in [2.05, 4.69) is 21.2 Å². The number of rotatable bonds is 6. The fourth-order valence-corrected chi connectivity index (χ4v) is 2.89. The molecule has 0 aliphatic rings. The number of ether oxygens (including phenoxy) is 1. The van der Waals surface area contributed by atoms with Crippen molar-refractivity contribution < 1.29 is 9.53 Å². The molecule has 0 spiro atoms.